The lowest BCUT2D eigenvalue weighted by molar-refractivity contribution is -0.137. The minimum atomic E-state index is -0.785. The third-order valence-electron chi connectivity index (χ3n) is 3.49. The van der Waals surface area contributed by atoms with Gasteiger partial charge in [-0.1, -0.05) is 12.1 Å². The summed E-state index contributed by atoms with van der Waals surface area (Å²) in [5.41, 5.74) is 3.26. The van der Waals surface area contributed by atoms with Gasteiger partial charge >= 0.3 is 5.97 Å². The van der Waals surface area contributed by atoms with E-state index in [-0.39, 0.29) is 12.3 Å². The molecule has 4 nitrogen and oxygen atoms in total. The first kappa shape index (κ1) is 13.6. The zero-order valence-electron chi connectivity index (χ0n) is 10.9. The number of aryl methyl sites for hydroxylation is 1. The maximum Gasteiger partial charge on any atom is 0.303 e. The van der Waals surface area contributed by atoms with Crippen molar-refractivity contribution in [1.82, 2.24) is 5.32 Å². The molecule has 1 aromatic rings. The molecule has 0 fully saturated rings. The predicted octanol–water partition coefficient (Wildman–Crippen LogP) is 2.16. The maximum absolute atomic E-state index is 12.1. The number of carbonyl (C=O) groups is 2. The fraction of sp³-hybridized carbons (Fsp3) is 0.467. The van der Waals surface area contributed by atoms with E-state index in [0.29, 0.717) is 19.4 Å². The van der Waals surface area contributed by atoms with E-state index in [9.17, 15) is 9.59 Å². The van der Waals surface area contributed by atoms with E-state index in [1.54, 1.807) is 0 Å². The van der Waals surface area contributed by atoms with Crippen molar-refractivity contribution < 1.29 is 14.7 Å². The topological polar surface area (TPSA) is 66.4 Å². The molecule has 1 aliphatic rings. The molecule has 19 heavy (non-hydrogen) atoms. The SMILES string of the molecule is O=C(O)CCCCNC(=O)c1cccc2c1CCC2. The number of rotatable bonds is 6. The van der Waals surface area contributed by atoms with Crippen LogP contribution in [0.15, 0.2) is 18.2 Å². The molecule has 2 N–H and O–H groups in total. The van der Waals surface area contributed by atoms with Crippen LogP contribution in [0, 0.1) is 0 Å². The zero-order chi connectivity index (χ0) is 13.7. The lowest BCUT2D eigenvalue weighted by atomic mass is 10.0. The molecule has 0 bridgehead atoms. The number of unbranched alkanes of at least 4 members (excludes halogenated alkanes) is 1. The van der Waals surface area contributed by atoms with Crippen molar-refractivity contribution in [1.29, 1.82) is 0 Å². The van der Waals surface area contributed by atoms with Crippen LogP contribution in [-0.2, 0) is 17.6 Å². The average molecular weight is 261 g/mol. The molecule has 1 aromatic carbocycles. The molecule has 0 spiro atoms. The summed E-state index contributed by atoms with van der Waals surface area (Å²) in [6.07, 6.45) is 4.64. The molecule has 1 amide bonds. The number of hydrogen-bond acceptors (Lipinski definition) is 2. The molecule has 0 aliphatic heterocycles. The van der Waals surface area contributed by atoms with Gasteiger partial charge in [0, 0.05) is 18.5 Å². The zero-order valence-corrected chi connectivity index (χ0v) is 10.9. The van der Waals surface area contributed by atoms with Gasteiger partial charge in [-0.05, 0) is 49.3 Å². The summed E-state index contributed by atoms with van der Waals surface area (Å²) in [4.78, 5) is 22.4. The van der Waals surface area contributed by atoms with Crippen LogP contribution in [0.4, 0.5) is 0 Å². The van der Waals surface area contributed by atoms with E-state index in [0.717, 1.165) is 24.8 Å². The summed E-state index contributed by atoms with van der Waals surface area (Å²) in [6.45, 7) is 0.537. The normalized spacial score (nSPS) is 13.1. The van der Waals surface area contributed by atoms with Crippen LogP contribution in [0.25, 0.3) is 0 Å². The van der Waals surface area contributed by atoms with Gasteiger partial charge in [0.05, 0.1) is 0 Å². The molecule has 0 saturated heterocycles. The molecular formula is C15H19NO3. The Morgan fingerprint density at radius 3 is 2.84 bits per heavy atom. The molecule has 102 valence electrons. The van der Waals surface area contributed by atoms with Gasteiger partial charge in [0.25, 0.3) is 5.91 Å². The third-order valence-corrected chi connectivity index (χ3v) is 3.49. The quantitative estimate of drug-likeness (QED) is 0.771. The lowest BCUT2D eigenvalue weighted by Gasteiger charge is -2.09. The molecule has 2 rings (SSSR count). The summed E-state index contributed by atoms with van der Waals surface area (Å²) in [6, 6.07) is 5.90. The number of aliphatic carboxylic acids is 1. The van der Waals surface area contributed by atoms with Gasteiger partial charge in [-0.2, -0.15) is 0 Å². The summed E-state index contributed by atoms with van der Waals surface area (Å²) < 4.78 is 0. The summed E-state index contributed by atoms with van der Waals surface area (Å²) >= 11 is 0. The summed E-state index contributed by atoms with van der Waals surface area (Å²) in [7, 11) is 0. The standard InChI is InChI=1S/C15H19NO3/c17-14(18)9-1-2-10-16-15(19)13-8-4-6-11-5-3-7-12(11)13/h4,6,8H,1-3,5,7,9-10H2,(H,16,19)(H,17,18). The second-order valence-corrected chi connectivity index (χ2v) is 4.90. The Hall–Kier alpha value is -1.84. The number of carboxylic acids is 1. The first-order valence-electron chi connectivity index (χ1n) is 6.79. The van der Waals surface area contributed by atoms with E-state index in [1.165, 1.54) is 11.1 Å². The molecule has 0 radical (unpaired) electrons. The fourth-order valence-corrected chi connectivity index (χ4v) is 2.53. The first-order valence-corrected chi connectivity index (χ1v) is 6.79. The Bertz CT molecular complexity index is 482. The van der Waals surface area contributed by atoms with E-state index in [2.05, 4.69) is 11.4 Å². The van der Waals surface area contributed by atoms with Crippen molar-refractivity contribution >= 4 is 11.9 Å². The van der Waals surface area contributed by atoms with Crippen LogP contribution in [-0.4, -0.2) is 23.5 Å². The maximum atomic E-state index is 12.1. The Labute approximate surface area is 112 Å². The van der Waals surface area contributed by atoms with Gasteiger partial charge < -0.3 is 10.4 Å². The van der Waals surface area contributed by atoms with Gasteiger partial charge in [0.2, 0.25) is 0 Å². The van der Waals surface area contributed by atoms with Gasteiger partial charge in [0.1, 0.15) is 0 Å². The molecule has 0 saturated carbocycles. The van der Waals surface area contributed by atoms with Gasteiger partial charge in [0.15, 0.2) is 0 Å². The predicted molar refractivity (Wildman–Crippen MR) is 72.3 cm³/mol. The molecule has 4 heteroatoms. The van der Waals surface area contributed by atoms with Crippen LogP contribution < -0.4 is 5.32 Å². The van der Waals surface area contributed by atoms with Crippen molar-refractivity contribution in [3.63, 3.8) is 0 Å². The molecular weight excluding hydrogens is 242 g/mol. The smallest absolute Gasteiger partial charge is 0.303 e. The molecule has 0 heterocycles. The highest BCUT2D eigenvalue weighted by Gasteiger charge is 2.18. The minimum Gasteiger partial charge on any atom is -0.481 e. The van der Waals surface area contributed by atoms with Crippen LogP contribution in [0.2, 0.25) is 0 Å². The highest BCUT2D eigenvalue weighted by atomic mass is 16.4. The number of amides is 1. The average Bonchev–Trinajstić information content (AvgIpc) is 2.85. The summed E-state index contributed by atoms with van der Waals surface area (Å²) in [5.74, 6) is -0.818. The van der Waals surface area contributed by atoms with Crippen molar-refractivity contribution in [2.24, 2.45) is 0 Å². The largest absolute Gasteiger partial charge is 0.481 e. The number of hydrogen-bond donors (Lipinski definition) is 2. The van der Waals surface area contributed by atoms with Crippen LogP contribution in [0.3, 0.4) is 0 Å². The van der Waals surface area contributed by atoms with Crippen molar-refractivity contribution in [3.05, 3.63) is 34.9 Å². The third kappa shape index (κ3) is 3.56. The Morgan fingerprint density at radius 1 is 1.21 bits per heavy atom. The van der Waals surface area contributed by atoms with E-state index < -0.39 is 5.97 Å². The molecule has 1 aliphatic carbocycles. The number of carbonyl (C=O) groups excluding carboxylic acids is 1. The van der Waals surface area contributed by atoms with Gasteiger partial charge in [-0.15, -0.1) is 0 Å². The fourth-order valence-electron chi connectivity index (χ4n) is 2.53. The van der Waals surface area contributed by atoms with E-state index in [4.69, 9.17) is 5.11 Å². The Kier molecular flexibility index (Phi) is 4.55. The van der Waals surface area contributed by atoms with E-state index in [1.807, 2.05) is 12.1 Å². The van der Waals surface area contributed by atoms with Gasteiger partial charge in [-0.3, -0.25) is 9.59 Å². The second kappa shape index (κ2) is 6.36. The number of carboxylic acid groups (broad SMARTS) is 1. The first-order chi connectivity index (χ1) is 9.18. The van der Waals surface area contributed by atoms with Crippen molar-refractivity contribution in [2.75, 3.05) is 6.54 Å². The highest BCUT2D eigenvalue weighted by Crippen LogP contribution is 2.25. The number of fused-ring (bicyclic) bond motifs is 1. The van der Waals surface area contributed by atoms with Crippen LogP contribution in [0.5, 0.6) is 0 Å². The monoisotopic (exact) mass is 261 g/mol. The van der Waals surface area contributed by atoms with Crippen LogP contribution in [0.1, 0.15) is 47.2 Å². The van der Waals surface area contributed by atoms with Crippen LogP contribution >= 0.6 is 0 Å². The second-order valence-electron chi connectivity index (χ2n) is 4.90. The highest BCUT2D eigenvalue weighted by molar-refractivity contribution is 5.96. The van der Waals surface area contributed by atoms with Gasteiger partial charge in [-0.25, -0.2) is 0 Å². The molecule has 0 aromatic heterocycles. The Morgan fingerprint density at radius 2 is 2.05 bits per heavy atom. The number of nitrogens with one attached hydrogen (secondary N) is 1. The van der Waals surface area contributed by atoms with Crippen molar-refractivity contribution in [2.45, 2.75) is 38.5 Å². The summed E-state index contributed by atoms with van der Waals surface area (Å²) in [5, 5.41) is 11.4. The number of benzene rings is 1. The Balaban J connectivity index is 1.84. The minimum absolute atomic E-state index is 0.0333. The van der Waals surface area contributed by atoms with Crippen molar-refractivity contribution in [3.8, 4) is 0 Å². The molecule has 0 unspecified atom stereocenters. The molecule has 0 atom stereocenters. The van der Waals surface area contributed by atoms with E-state index >= 15 is 0 Å². The lowest BCUT2D eigenvalue weighted by Crippen LogP contribution is -2.25.